The van der Waals surface area contributed by atoms with Gasteiger partial charge in [-0.25, -0.2) is 0 Å². The fourth-order valence-corrected chi connectivity index (χ4v) is 3.69. The highest BCUT2D eigenvalue weighted by molar-refractivity contribution is 7.53. The van der Waals surface area contributed by atoms with Crippen LogP contribution in [0.5, 0.6) is 0 Å². The van der Waals surface area contributed by atoms with E-state index in [0.717, 1.165) is 5.56 Å². The Morgan fingerprint density at radius 2 is 1.53 bits per heavy atom. The maximum absolute atomic E-state index is 12.3. The largest absolute Gasteiger partial charge is 0.335 e. The van der Waals surface area contributed by atoms with Gasteiger partial charge in [-0.05, 0) is 37.6 Å². The third-order valence-electron chi connectivity index (χ3n) is 1.95. The molecular weight excluding hydrogens is 282 g/mol. The van der Waals surface area contributed by atoms with Crippen LogP contribution in [-0.4, -0.2) is 13.2 Å². The first-order valence-electron chi connectivity index (χ1n) is 5.32. The highest BCUT2D eigenvalue weighted by Crippen LogP contribution is 2.51. The lowest BCUT2D eigenvalue weighted by atomic mass is 10.2. The second-order valence-electron chi connectivity index (χ2n) is 3.38. The van der Waals surface area contributed by atoms with Crippen molar-refractivity contribution < 1.29 is 13.6 Å². The van der Waals surface area contributed by atoms with Crippen LogP contribution in [0.2, 0.25) is 10.0 Å². The normalized spacial score (nSPS) is 11.8. The Hall–Kier alpha value is -0.0500. The molecule has 17 heavy (non-hydrogen) atoms. The molecule has 0 aliphatic rings. The highest BCUT2D eigenvalue weighted by atomic mass is 35.5. The summed E-state index contributed by atoms with van der Waals surface area (Å²) in [5.74, 6) is 0. The first-order chi connectivity index (χ1) is 7.99. The third-order valence-corrected chi connectivity index (χ3v) is 4.44. The Balaban J connectivity index is 2.89. The lowest BCUT2D eigenvalue weighted by Gasteiger charge is -2.17. The van der Waals surface area contributed by atoms with Crippen LogP contribution in [0.25, 0.3) is 0 Å². The molecule has 0 amide bonds. The van der Waals surface area contributed by atoms with Crippen LogP contribution >= 0.6 is 30.8 Å². The van der Waals surface area contributed by atoms with Crippen LogP contribution in [0, 0.1) is 0 Å². The topological polar surface area (TPSA) is 35.5 Å². The summed E-state index contributed by atoms with van der Waals surface area (Å²) in [4.78, 5) is 0. The van der Waals surface area contributed by atoms with Crippen molar-refractivity contribution in [1.82, 2.24) is 0 Å². The van der Waals surface area contributed by atoms with E-state index in [-0.39, 0.29) is 6.16 Å². The SMILES string of the molecule is CCOP(=O)(Cc1cc(Cl)cc(Cl)c1)OCC. The number of hydrogen-bond acceptors (Lipinski definition) is 3. The van der Waals surface area contributed by atoms with Crippen LogP contribution in [0.4, 0.5) is 0 Å². The van der Waals surface area contributed by atoms with Gasteiger partial charge < -0.3 is 9.05 Å². The third kappa shape index (κ3) is 4.99. The van der Waals surface area contributed by atoms with Crippen molar-refractivity contribution in [2.24, 2.45) is 0 Å². The number of benzene rings is 1. The summed E-state index contributed by atoms with van der Waals surface area (Å²) in [6.07, 6.45) is 0.176. The van der Waals surface area contributed by atoms with E-state index in [1.54, 1.807) is 32.0 Å². The molecule has 0 aliphatic heterocycles. The molecule has 0 aromatic heterocycles. The van der Waals surface area contributed by atoms with Gasteiger partial charge in [0.25, 0.3) is 0 Å². The van der Waals surface area contributed by atoms with Gasteiger partial charge in [0.2, 0.25) is 0 Å². The quantitative estimate of drug-likeness (QED) is 0.710. The molecule has 0 spiro atoms. The van der Waals surface area contributed by atoms with E-state index < -0.39 is 7.60 Å². The molecule has 0 heterocycles. The van der Waals surface area contributed by atoms with Crippen molar-refractivity contribution in [1.29, 1.82) is 0 Å². The molecule has 0 N–H and O–H groups in total. The summed E-state index contributed by atoms with van der Waals surface area (Å²) in [6, 6.07) is 5.04. The van der Waals surface area contributed by atoms with Crippen molar-refractivity contribution in [2.45, 2.75) is 20.0 Å². The zero-order valence-corrected chi connectivity index (χ0v) is 12.2. The Labute approximate surface area is 112 Å². The van der Waals surface area contributed by atoms with Gasteiger partial charge in [-0.3, -0.25) is 4.57 Å². The van der Waals surface area contributed by atoms with E-state index in [1.165, 1.54) is 0 Å². The smallest absolute Gasteiger partial charge is 0.309 e. The fourth-order valence-electron chi connectivity index (χ4n) is 1.45. The van der Waals surface area contributed by atoms with Crippen LogP contribution in [0.15, 0.2) is 18.2 Å². The van der Waals surface area contributed by atoms with E-state index in [9.17, 15) is 4.57 Å². The monoisotopic (exact) mass is 296 g/mol. The Morgan fingerprint density at radius 1 is 1.06 bits per heavy atom. The van der Waals surface area contributed by atoms with E-state index >= 15 is 0 Å². The average Bonchev–Trinajstić information content (AvgIpc) is 2.15. The van der Waals surface area contributed by atoms with Gasteiger partial charge in [0.15, 0.2) is 0 Å². The first-order valence-corrected chi connectivity index (χ1v) is 7.80. The molecule has 0 atom stereocenters. The van der Waals surface area contributed by atoms with E-state index in [2.05, 4.69) is 0 Å². The molecule has 0 unspecified atom stereocenters. The molecule has 6 heteroatoms. The second kappa shape index (κ2) is 6.77. The molecule has 0 fully saturated rings. The zero-order chi connectivity index (χ0) is 12.9. The average molecular weight is 297 g/mol. The molecule has 1 rings (SSSR count). The zero-order valence-electron chi connectivity index (χ0n) is 9.78. The fraction of sp³-hybridized carbons (Fsp3) is 0.455. The van der Waals surface area contributed by atoms with Gasteiger partial charge in [0.1, 0.15) is 0 Å². The lowest BCUT2D eigenvalue weighted by Crippen LogP contribution is -1.99. The van der Waals surface area contributed by atoms with Crippen molar-refractivity contribution in [2.75, 3.05) is 13.2 Å². The minimum absolute atomic E-state index is 0.176. The van der Waals surface area contributed by atoms with Crippen LogP contribution in [0.1, 0.15) is 19.4 Å². The predicted octanol–water partition coefficient (Wildman–Crippen LogP) is 4.76. The van der Waals surface area contributed by atoms with E-state index in [1.807, 2.05) is 0 Å². The maximum atomic E-state index is 12.3. The van der Waals surface area contributed by atoms with Crippen molar-refractivity contribution in [3.8, 4) is 0 Å². The molecule has 3 nitrogen and oxygen atoms in total. The Bertz CT molecular complexity index is 393. The highest BCUT2D eigenvalue weighted by Gasteiger charge is 2.24. The summed E-state index contributed by atoms with van der Waals surface area (Å²) in [7, 11) is -3.10. The maximum Gasteiger partial charge on any atom is 0.335 e. The molecule has 96 valence electrons. The number of hydrogen-bond donors (Lipinski definition) is 0. The van der Waals surface area contributed by atoms with Crippen molar-refractivity contribution in [3.63, 3.8) is 0 Å². The summed E-state index contributed by atoms with van der Waals surface area (Å²) in [6.45, 7) is 4.23. The molecule has 0 aliphatic carbocycles. The number of rotatable bonds is 6. The lowest BCUT2D eigenvalue weighted by molar-refractivity contribution is 0.219. The van der Waals surface area contributed by atoms with Gasteiger partial charge in [-0.1, -0.05) is 23.2 Å². The standard InChI is InChI=1S/C11H15Cl2O3P/c1-3-15-17(14,16-4-2)8-9-5-10(12)7-11(13)6-9/h5-7H,3-4,8H2,1-2H3. The van der Waals surface area contributed by atoms with Crippen LogP contribution in [-0.2, 0) is 19.8 Å². The van der Waals surface area contributed by atoms with Gasteiger partial charge in [-0.2, -0.15) is 0 Å². The minimum atomic E-state index is -3.10. The molecule has 0 saturated heterocycles. The van der Waals surface area contributed by atoms with Crippen LogP contribution < -0.4 is 0 Å². The van der Waals surface area contributed by atoms with Crippen molar-refractivity contribution in [3.05, 3.63) is 33.8 Å². The Kier molecular flexibility index (Phi) is 5.98. The summed E-state index contributed by atoms with van der Waals surface area (Å²) in [5.41, 5.74) is 0.743. The molecule has 1 aromatic carbocycles. The summed E-state index contributed by atoms with van der Waals surface area (Å²) >= 11 is 11.8. The predicted molar refractivity (Wildman–Crippen MR) is 71.0 cm³/mol. The molecular formula is C11H15Cl2O3P. The number of halogens is 2. The molecule has 0 radical (unpaired) electrons. The van der Waals surface area contributed by atoms with Gasteiger partial charge >= 0.3 is 7.60 Å². The van der Waals surface area contributed by atoms with Crippen molar-refractivity contribution >= 4 is 30.8 Å². The van der Waals surface area contributed by atoms with Gasteiger partial charge in [-0.15, -0.1) is 0 Å². The summed E-state index contributed by atoms with van der Waals surface area (Å²) < 4.78 is 22.7. The Morgan fingerprint density at radius 3 is 1.94 bits per heavy atom. The minimum Gasteiger partial charge on any atom is -0.309 e. The second-order valence-corrected chi connectivity index (χ2v) is 6.31. The van der Waals surface area contributed by atoms with E-state index in [4.69, 9.17) is 32.2 Å². The first kappa shape index (κ1) is 15.0. The summed E-state index contributed by atoms with van der Waals surface area (Å²) in [5, 5.41) is 1.01. The molecule has 0 saturated carbocycles. The molecule has 0 bridgehead atoms. The van der Waals surface area contributed by atoms with Gasteiger partial charge in [0.05, 0.1) is 19.4 Å². The van der Waals surface area contributed by atoms with Gasteiger partial charge in [0, 0.05) is 10.0 Å². The molecule has 1 aromatic rings. The van der Waals surface area contributed by atoms with E-state index in [0.29, 0.717) is 23.3 Å². The van der Waals surface area contributed by atoms with Crippen LogP contribution in [0.3, 0.4) is 0 Å².